The number of alkyl halides is 1. The van der Waals surface area contributed by atoms with Gasteiger partial charge in [0.2, 0.25) is 0 Å². The van der Waals surface area contributed by atoms with Gasteiger partial charge in [-0.05, 0) is 31.9 Å². The summed E-state index contributed by atoms with van der Waals surface area (Å²) in [6, 6.07) is 4.35. The molecule has 0 saturated carbocycles. The summed E-state index contributed by atoms with van der Waals surface area (Å²) < 4.78 is 0. The van der Waals surface area contributed by atoms with E-state index in [0.29, 0.717) is 29.3 Å². The summed E-state index contributed by atoms with van der Waals surface area (Å²) in [5, 5.41) is 11.3. The zero-order valence-electron chi connectivity index (χ0n) is 9.86. The molecule has 0 aliphatic rings. The lowest BCUT2D eigenvalue weighted by atomic mass is 9.93. The second kappa shape index (κ2) is 6.71. The van der Waals surface area contributed by atoms with Crippen molar-refractivity contribution in [2.24, 2.45) is 5.92 Å². The van der Waals surface area contributed by atoms with Crippen LogP contribution in [0.4, 0.5) is 5.69 Å². The van der Waals surface area contributed by atoms with E-state index in [1.54, 1.807) is 0 Å². The molecule has 0 N–H and O–H groups in total. The van der Waals surface area contributed by atoms with Gasteiger partial charge in [0.25, 0.3) is 5.69 Å². The molecule has 0 fully saturated rings. The van der Waals surface area contributed by atoms with Crippen molar-refractivity contribution in [3.05, 3.63) is 38.9 Å². The highest BCUT2D eigenvalue weighted by molar-refractivity contribution is 6.30. The van der Waals surface area contributed by atoms with E-state index in [0.717, 1.165) is 0 Å². The van der Waals surface area contributed by atoms with E-state index in [1.807, 2.05) is 0 Å². The number of nitro benzene ring substituents is 1. The molecular formula is C12H13Cl2NO3. The van der Waals surface area contributed by atoms with Crippen LogP contribution in [-0.4, -0.2) is 16.6 Å². The van der Waals surface area contributed by atoms with E-state index in [4.69, 9.17) is 23.2 Å². The van der Waals surface area contributed by atoms with Crippen molar-refractivity contribution in [3.8, 4) is 0 Å². The van der Waals surface area contributed by atoms with E-state index in [1.165, 1.54) is 25.1 Å². The quantitative estimate of drug-likeness (QED) is 0.456. The van der Waals surface area contributed by atoms with Crippen molar-refractivity contribution < 1.29 is 9.72 Å². The van der Waals surface area contributed by atoms with Crippen LogP contribution in [0.3, 0.4) is 0 Å². The minimum atomic E-state index is -0.469. The number of nitro groups is 1. The van der Waals surface area contributed by atoms with Gasteiger partial charge in [0.15, 0.2) is 0 Å². The van der Waals surface area contributed by atoms with E-state index >= 15 is 0 Å². The number of benzene rings is 1. The molecule has 4 nitrogen and oxygen atoms in total. The predicted molar refractivity (Wildman–Crippen MR) is 71.3 cm³/mol. The molecule has 0 aliphatic heterocycles. The van der Waals surface area contributed by atoms with Gasteiger partial charge in [-0.15, -0.1) is 11.6 Å². The Morgan fingerprint density at radius 3 is 2.67 bits per heavy atom. The topological polar surface area (TPSA) is 60.2 Å². The minimum Gasteiger partial charge on any atom is -0.300 e. The second-order valence-electron chi connectivity index (χ2n) is 4.02. The Bertz CT molecular complexity index is 463. The van der Waals surface area contributed by atoms with E-state index < -0.39 is 4.92 Å². The Labute approximate surface area is 115 Å². The van der Waals surface area contributed by atoms with Gasteiger partial charge >= 0.3 is 0 Å². The molecule has 1 unspecified atom stereocenters. The molecule has 1 rings (SSSR count). The van der Waals surface area contributed by atoms with Crippen LogP contribution in [0.25, 0.3) is 0 Å². The molecule has 0 amide bonds. The van der Waals surface area contributed by atoms with Crippen molar-refractivity contribution in [1.82, 2.24) is 0 Å². The zero-order chi connectivity index (χ0) is 13.7. The van der Waals surface area contributed by atoms with Gasteiger partial charge in [-0.3, -0.25) is 14.9 Å². The maximum Gasteiger partial charge on any atom is 0.272 e. The third-order valence-corrected chi connectivity index (χ3v) is 3.19. The Morgan fingerprint density at radius 2 is 2.17 bits per heavy atom. The maximum absolute atomic E-state index is 11.4. The van der Waals surface area contributed by atoms with Gasteiger partial charge in [-0.2, -0.15) is 0 Å². The van der Waals surface area contributed by atoms with Gasteiger partial charge < -0.3 is 0 Å². The van der Waals surface area contributed by atoms with Gasteiger partial charge in [0.1, 0.15) is 5.78 Å². The SMILES string of the molecule is CC(=O)C(CCCl)Cc1cc(Cl)ccc1[N+](=O)[O-]. The smallest absolute Gasteiger partial charge is 0.272 e. The summed E-state index contributed by atoms with van der Waals surface area (Å²) in [5.41, 5.74) is 0.457. The number of ketones is 1. The molecule has 1 aromatic carbocycles. The van der Waals surface area contributed by atoms with E-state index in [9.17, 15) is 14.9 Å². The van der Waals surface area contributed by atoms with Crippen LogP contribution in [-0.2, 0) is 11.2 Å². The third-order valence-electron chi connectivity index (χ3n) is 2.74. The number of halogens is 2. The molecule has 1 atom stereocenters. The molecule has 98 valence electrons. The molecule has 6 heteroatoms. The van der Waals surface area contributed by atoms with Crippen LogP contribution < -0.4 is 0 Å². The molecule has 0 radical (unpaired) electrons. The first-order valence-electron chi connectivity index (χ1n) is 5.45. The highest BCUT2D eigenvalue weighted by Crippen LogP contribution is 2.26. The average molecular weight is 290 g/mol. The monoisotopic (exact) mass is 289 g/mol. The fourth-order valence-corrected chi connectivity index (χ4v) is 2.20. The van der Waals surface area contributed by atoms with Crippen molar-refractivity contribution in [1.29, 1.82) is 0 Å². The van der Waals surface area contributed by atoms with Crippen LogP contribution in [0.5, 0.6) is 0 Å². The Morgan fingerprint density at radius 1 is 1.50 bits per heavy atom. The maximum atomic E-state index is 11.4. The lowest BCUT2D eigenvalue weighted by Crippen LogP contribution is -2.15. The standard InChI is InChI=1S/C12H13Cl2NO3/c1-8(16)9(4-5-13)6-10-7-11(14)2-3-12(10)15(17)18/h2-3,7,9H,4-6H2,1H3. The van der Waals surface area contributed by atoms with Gasteiger partial charge in [-0.1, -0.05) is 11.6 Å². The summed E-state index contributed by atoms with van der Waals surface area (Å²) in [5.74, 6) is 0.0168. The molecular weight excluding hydrogens is 277 g/mol. The molecule has 0 spiro atoms. The van der Waals surface area contributed by atoms with Crippen LogP contribution in [0.1, 0.15) is 18.9 Å². The molecule has 0 saturated heterocycles. The first kappa shape index (κ1) is 14.9. The number of hydrogen-bond acceptors (Lipinski definition) is 3. The third kappa shape index (κ3) is 3.96. The zero-order valence-corrected chi connectivity index (χ0v) is 11.4. The first-order chi connectivity index (χ1) is 8.45. The number of nitrogens with zero attached hydrogens (tertiary/aromatic N) is 1. The lowest BCUT2D eigenvalue weighted by molar-refractivity contribution is -0.385. The largest absolute Gasteiger partial charge is 0.300 e. The van der Waals surface area contributed by atoms with Crippen molar-refractivity contribution in [2.75, 3.05) is 5.88 Å². The Balaban J connectivity index is 3.03. The summed E-state index contributed by atoms with van der Waals surface area (Å²) in [6.07, 6.45) is 0.791. The second-order valence-corrected chi connectivity index (χ2v) is 4.83. The minimum absolute atomic E-state index is 0.0137. The average Bonchev–Trinajstić information content (AvgIpc) is 2.28. The Hall–Kier alpha value is -1.13. The van der Waals surface area contributed by atoms with Gasteiger partial charge in [-0.25, -0.2) is 0 Å². The fourth-order valence-electron chi connectivity index (χ4n) is 1.74. The fraction of sp³-hybridized carbons (Fsp3) is 0.417. The summed E-state index contributed by atoms with van der Waals surface area (Å²) in [4.78, 5) is 21.9. The number of rotatable bonds is 6. The summed E-state index contributed by atoms with van der Waals surface area (Å²) in [7, 11) is 0. The van der Waals surface area contributed by atoms with Gasteiger partial charge in [0, 0.05) is 28.5 Å². The molecule has 1 aromatic rings. The van der Waals surface area contributed by atoms with Gasteiger partial charge in [0.05, 0.1) is 4.92 Å². The molecule has 18 heavy (non-hydrogen) atoms. The van der Waals surface area contributed by atoms with Crippen molar-refractivity contribution in [3.63, 3.8) is 0 Å². The van der Waals surface area contributed by atoms with Crippen LogP contribution in [0.2, 0.25) is 5.02 Å². The van der Waals surface area contributed by atoms with Crippen LogP contribution >= 0.6 is 23.2 Å². The van der Waals surface area contributed by atoms with Crippen molar-refractivity contribution in [2.45, 2.75) is 19.8 Å². The summed E-state index contributed by atoms with van der Waals surface area (Å²) >= 11 is 11.5. The van der Waals surface area contributed by atoms with Crippen LogP contribution in [0.15, 0.2) is 18.2 Å². The number of carbonyl (C=O) groups excluding carboxylic acids is 1. The normalized spacial score (nSPS) is 12.2. The molecule has 0 aromatic heterocycles. The number of hydrogen-bond donors (Lipinski definition) is 0. The number of carbonyl (C=O) groups is 1. The van der Waals surface area contributed by atoms with Crippen LogP contribution in [0, 0.1) is 16.0 Å². The molecule has 0 aliphatic carbocycles. The lowest BCUT2D eigenvalue weighted by Gasteiger charge is -2.12. The predicted octanol–water partition coefficient (Wildman–Crippen LogP) is 3.62. The summed E-state index contributed by atoms with van der Waals surface area (Å²) in [6.45, 7) is 1.47. The van der Waals surface area contributed by atoms with E-state index in [2.05, 4.69) is 0 Å². The van der Waals surface area contributed by atoms with Crippen molar-refractivity contribution >= 4 is 34.7 Å². The first-order valence-corrected chi connectivity index (χ1v) is 6.36. The number of Topliss-reactive ketones (excluding diaryl/α,β-unsaturated/α-hetero) is 1. The highest BCUT2D eigenvalue weighted by atomic mass is 35.5. The molecule has 0 heterocycles. The molecule has 0 bridgehead atoms. The Kier molecular flexibility index (Phi) is 5.56. The van der Waals surface area contributed by atoms with E-state index in [-0.39, 0.29) is 17.4 Å². The highest BCUT2D eigenvalue weighted by Gasteiger charge is 2.20.